The summed E-state index contributed by atoms with van der Waals surface area (Å²) in [6, 6.07) is 9.23. The average Bonchev–Trinajstić information content (AvgIpc) is 3.42. The molecule has 3 N–H and O–H groups in total. The zero-order valence-electron chi connectivity index (χ0n) is 25.2. The predicted molar refractivity (Wildman–Crippen MR) is 161 cm³/mol. The Kier molecular flexibility index (Phi) is 9.01. The maximum atomic E-state index is 14.2. The topological polar surface area (TPSA) is 98.7 Å². The summed E-state index contributed by atoms with van der Waals surface area (Å²) < 4.78 is -0.985. The van der Waals surface area contributed by atoms with Gasteiger partial charge in [0.2, 0.25) is 17.7 Å². The Morgan fingerprint density at radius 2 is 1.70 bits per heavy atom. The monoisotopic (exact) mass is 571 g/mol. The van der Waals surface area contributed by atoms with Crippen LogP contribution in [-0.4, -0.2) is 62.0 Å². The van der Waals surface area contributed by atoms with Crippen LogP contribution in [0.15, 0.2) is 30.3 Å². The fourth-order valence-electron chi connectivity index (χ4n) is 7.78. The van der Waals surface area contributed by atoms with Gasteiger partial charge in [0, 0.05) is 30.0 Å². The van der Waals surface area contributed by atoms with Gasteiger partial charge in [0.25, 0.3) is 0 Å². The first-order chi connectivity index (χ1) is 18.7. The summed E-state index contributed by atoms with van der Waals surface area (Å²) in [5, 5.41) is 15.6. The van der Waals surface area contributed by atoms with E-state index >= 15 is 0 Å². The Morgan fingerprint density at radius 1 is 1.02 bits per heavy atom. The number of thioether (sulfide) groups is 1. The summed E-state index contributed by atoms with van der Waals surface area (Å²) in [6.45, 7) is 13.8. The highest BCUT2D eigenvalue weighted by Crippen LogP contribution is 2.71. The number of nitrogens with one attached hydrogen (secondary N) is 2. The minimum absolute atomic E-state index is 0.0332. The number of hydrogen-bond donors (Lipinski definition) is 3. The fourth-order valence-corrected chi connectivity index (χ4v) is 10.1. The Balaban J connectivity index is 1.61. The molecule has 3 amide bonds. The van der Waals surface area contributed by atoms with E-state index in [1.165, 1.54) is 0 Å². The summed E-state index contributed by atoms with van der Waals surface area (Å²) in [7, 11) is 0. The first-order valence-corrected chi connectivity index (χ1v) is 15.8. The second-order valence-electron chi connectivity index (χ2n) is 14.2. The van der Waals surface area contributed by atoms with E-state index < -0.39 is 28.2 Å². The number of unbranched alkanes of at least 4 members (excludes halogenated alkanes) is 3. The lowest BCUT2D eigenvalue weighted by atomic mass is 9.66. The van der Waals surface area contributed by atoms with Crippen molar-refractivity contribution < 1.29 is 19.5 Å². The van der Waals surface area contributed by atoms with E-state index in [2.05, 4.69) is 52.2 Å². The lowest BCUT2D eigenvalue weighted by Crippen LogP contribution is -2.58. The summed E-state index contributed by atoms with van der Waals surface area (Å²) in [4.78, 5) is 44.0. The van der Waals surface area contributed by atoms with Gasteiger partial charge in [0.15, 0.2) is 0 Å². The largest absolute Gasteiger partial charge is 0.396 e. The Morgan fingerprint density at radius 3 is 2.35 bits per heavy atom. The van der Waals surface area contributed by atoms with E-state index in [9.17, 15) is 14.4 Å². The molecule has 5 atom stereocenters. The molecule has 8 heteroatoms. The van der Waals surface area contributed by atoms with Crippen molar-refractivity contribution in [3.63, 3.8) is 0 Å². The molecular formula is C32H49N3O4S. The van der Waals surface area contributed by atoms with E-state index in [1.807, 2.05) is 35.2 Å². The van der Waals surface area contributed by atoms with Crippen LogP contribution in [0.5, 0.6) is 0 Å². The predicted octanol–water partition coefficient (Wildman–Crippen LogP) is 4.67. The third-order valence-corrected chi connectivity index (χ3v) is 10.8. The lowest BCUT2D eigenvalue weighted by Gasteiger charge is -2.38. The molecule has 3 saturated heterocycles. The van der Waals surface area contributed by atoms with Crippen LogP contribution in [0.25, 0.3) is 0 Å². The minimum Gasteiger partial charge on any atom is -0.396 e. The second kappa shape index (κ2) is 11.7. The Hall–Kier alpha value is -2.06. The van der Waals surface area contributed by atoms with Crippen LogP contribution in [0.2, 0.25) is 0 Å². The van der Waals surface area contributed by atoms with Crippen LogP contribution in [-0.2, 0) is 20.9 Å². The summed E-state index contributed by atoms with van der Waals surface area (Å²) >= 11 is 1.72. The van der Waals surface area contributed by atoms with Crippen LogP contribution in [0.3, 0.4) is 0 Å². The molecule has 1 aromatic rings. The SMILES string of the molecule is CC(C)(C)CC(C)(C)NC(=O)C1N(CCCCCCO)C(=O)[C@@H]2[C@@H](C(=O)NCc3ccccc3)[C@@]3(C)CCC12S3. The molecule has 1 aromatic carbocycles. The van der Waals surface area contributed by atoms with Gasteiger partial charge < -0.3 is 20.6 Å². The molecule has 2 unspecified atom stereocenters. The summed E-state index contributed by atoms with van der Waals surface area (Å²) in [6.07, 6.45) is 5.66. The second-order valence-corrected chi connectivity index (χ2v) is 16.1. The number of carbonyl (C=O) groups is 3. The number of aliphatic hydroxyl groups is 1. The number of aliphatic hydroxyl groups excluding tert-OH is 1. The van der Waals surface area contributed by atoms with E-state index in [0.29, 0.717) is 13.1 Å². The third-order valence-electron chi connectivity index (χ3n) is 8.86. The van der Waals surface area contributed by atoms with Crippen molar-refractivity contribution >= 4 is 29.5 Å². The van der Waals surface area contributed by atoms with Gasteiger partial charge in [-0.25, -0.2) is 0 Å². The summed E-state index contributed by atoms with van der Waals surface area (Å²) in [5.41, 5.74) is 0.621. The van der Waals surface area contributed by atoms with Crippen molar-refractivity contribution in [3.8, 4) is 0 Å². The normalized spacial score (nSPS) is 29.5. The molecular weight excluding hydrogens is 522 g/mol. The lowest BCUT2D eigenvalue weighted by molar-refractivity contribution is -0.141. The highest BCUT2D eigenvalue weighted by molar-refractivity contribution is 8.02. The van der Waals surface area contributed by atoms with E-state index in [1.54, 1.807) is 11.8 Å². The molecule has 3 aliphatic heterocycles. The van der Waals surface area contributed by atoms with Crippen LogP contribution < -0.4 is 10.6 Å². The van der Waals surface area contributed by atoms with Gasteiger partial charge >= 0.3 is 0 Å². The van der Waals surface area contributed by atoms with Crippen molar-refractivity contribution in [1.82, 2.24) is 15.5 Å². The quantitative estimate of drug-likeness (QED) is 0.317. The average molecular weight is 572 g/mol. The number of fused-ring (bicyclic) bond motifs is 1. The molecule has 3 aliphatic rings. The molecule has 40 heavy (non-hydrogen) atoms. The number of likely N-dealkylation sites (tertiary alicyclic amines) is 1. The number of benzene rings is 1. The van der Waals surface area contributed by atoms with E-state index in [4.69, 9.17) is 5.11 Å². The van der Waals surface area contributed by atoms with Crippen LogP contribution in [0.4, 0.5) is 0 Å². The van der Waals surface area contributed by atoms with Crippen LogP contribution in [0.1, 0.15) is 92.1 Å². The van der Waals surface area contributed by atoms with Gasteiger partial charge in [-0.2, -0.15) is 0 Å². The zero-order valence-corrected chi connectivity index (χ0v) is 26.0. The van der Waals surface area contributed by atoms with E-state index in [0.717, 1.165) is 50.5 Å². The highest BCUT2D eigenvalue weighted by Gasteiger charge is 2.77. The molecule has 222 valence electrons. The molecule has 0 aromatic heterocycles. The molecule has 0 saturated carbocycles. The van der Waals surface area contributed by atoms with Gasteiger partial charge in [-0.15, -0.1) is 11.8 Å². The first-order valence-electron chi connectivity index (χ1n) is 15.0. The van der Waals surface area contributed by atoms with Crippen LogP contribution >= 0.6 is 11.8 Å². The molecule has 2 bridgehead atoms. The van der Waals surface area contributed by atoms with E-state index in [-0.39, 0.29) is 34.5 Å². The fraction of sp³-hybridized carbons (Fsp3) is 0.719. The van der Waals surface area contributed by atoms with Crippen molar-refractivity contribution in [3.05, 3.63) is 35.9 Å². The van der Waals surface area contributed by atoms with Gasteiger partial charge in [0.05, 0.1) is 16.6 Å². The van der Waals surface area contributed by atoms with Crippen molar-refractivity contribution in [1.29, 1.82) is 0 Å². The van der Waals surface area contributed by atoms with Crippen LogP contribution in [0, 0.1) is 17.3 Å². The molecule has 7 nitrogen and oxygen atoms in total. The molecule has 0 aliphatic carbocycles. The maximum absolute atomic E-state index is 14.2. The minimum atomic E-state index is -0.604. The zero-order chi connectivity index (χ0) is 29.3. The molecule has 3 fully saturated rings. The molecule has 3 heterocycles. The Labute approximate surface area is 244 Å². The smallest absolute Gasteiger partial charge is 0.244 e. The number of hydrogen-bond acceptors (Lipinski definition) is 5. The third kappa shape index (κ3) is 6.23. The van der Waals surface area contributed by atoms with Gasteiger partial charge in [-0.05, 0) is 63.9 Å². The van der Waals surface area contributed by atoms with Gasteiger partial charge in [0.1, 0.15) is 6.04 Å². The van der Waals surface area contributed by atoms with Gasteiger partial charge in [-0.1, -0.05) is 63.9 Å². The molecule has 4 rings (SSSR count). The molecule has 0 radical (unpaired) electrons. The first kappa shape index (κ1) is 30.9. The number of rotatable bonds is 12. The highest BCUT2D eigenvalue weighted by atomic mass is 32.2. The van der Waals surface area contributed by atoms with Gasteiger partial charge in [-0.3, -0.25) is 14.4 Å². The molecule has 1 spiro atoms. The van der Waals surface area contributed by atoms with Crippen molar-refractivity contribution in [2.45, 2.75) is 114 Å². The van der Waals surface area contributed by atoms with Crippen molar-refractivity contribution in [2.75, 3.05) is 13.2 Å². The summed E-state index contributed by atoms with van der Waals surface area (Å²) in [5.74, 6) is -1.21. The number of amides is 3. The maximum Gasteiger partial charge on any atom is 0.244 e. The number of carbonyl (C=O) groups excluding carboxylic acids is 3. The Bertz CT molecular complexity index is 1090. The number of nitrogens with zero attached hydrogens (tertiary/aromatic N) is 1. The standard InChI is InChI=1S/C32H49N3O4S/c1-29(2,3)21-30(4,5)34-27(38)25-32-17-16-31(6,40-32)23(26(37)33-20-22-14-10-9-11-15-22)24(32)28(39)35(25)18-12-7-8-13-19-36/h9-11,14-15,23-25,36H,7-8,12-13,16-21H2,1-6H3,(H,33,37)(H,34,38)/t23-,24-,25?,31+,32?/m0/s1. The van der Waals surface area contributed by atoms with Crippen molar-refractivity contribution in [2.24, 2.45) is 17.3 Å².